The van der Waals surface area contributed by atoms with Gasteiger partial charge in [0, 0.05) is 113 Å². The van der Waals surface area contributed by atoms with Crippen LogP contribution in [-0.4, -0.2) is 127 Å². The number of hydrogen-bond acceptors (Lipinski definition) is 21. The van der Waals surface area contributed by atoms with Crippen LogP contribution >= 0.6 is 0 Å². The van der Waals surface area contributed by atoms with Crippen LogP contribution in [-0.2, 0) is 58.5 Å². The number of rotatable bonds is 12. The third kappa shape index (κ3) is 9.93. The summed E-state index contributed by atoms with van der Waals surface area (Å²) in [6.07, 6.45) is 7.63. The molecule has 9 aromatic heterocycles. The molecule has 3 aliphatic heterocycles. The molecule has 25 heteroatoms. The lowest BCUT2D eigenvalue weighted by Gasteiger charge is -2.12. The lowest BCUT2D eigenvalue weighted by Crippen LogP contribution is -2.20. The molecule has 0 unspecified atom stereocenters. The summed E-state index contributed by atoms with van der Waals surface area (Å²) in [5.74, 6) is 3.94. The first-order chi connectivity index (χ1) is 39.6. The van der Waals surface area contributed by atoms with Gasteiger partial charge in [-0.3, -0.25) is 29.7 Å². The van der Waals surface area contributed by atoms with Crippen LogP contribution < -0.4 is 26.7 Å². The zero-order chi connectivity index (χ0) is 55.1. The summed E-state index contributed by atoms with van der Waals surface area (Å²) in [7, 11) is 1.62. The maximum absolute atomic E-state index is 12.6. The van der Waals surface area contributed by atoms with Crippen molar-refractivity contribution in [3.8, 4) is 17.2 Å². The van der Waals surface area contributed by atoms with E-state index in [1.165, 1.54) is 25.7 Å². The molecule has 3 aromatic carbocycles. The Morgan fingerprint density at radius 3 is 1.26 bits per heavy atom. The first-order valence-corrected chi connectivity index (χ1v) is 26.3. The smallest absolute Gasteiger partial charge is 0.228 e. The van der Waals surface area contributed by atoms with Gasteiger partial charge in [0.15, 0.2) is 34.4 Å². The average molecular weight is 1090 g/mol. The van der Waals surface area contributed by atoms with Crippen molar-refractivity contribution in [3.05, 3.63) is 161 Å². The number of aromatic nitrogens is 15. The summed E-state index contributed by atoms with van der Waals surface area (Å²) in [5, 5.41) is 25.9. The van der Waals surface area contributed by atoms with E-state index in [-0.39, 0.29) is 17.6 Å². The van der Waals surface area contributed by atoms with Crippen LogP contribution in [0.2, 0.25) is 0 Å². The normalized spacial score (nSPS) is 14.1. The van der Waals surface area contributed by atoms with Crippen LogP contribution in [0.3, 0.4) is 0 Å². The number of fused-ring (bicyclic) bond motifs is 12. The Labute approximate surface area is 460 Å². The van der Waals surface area contributed by atoms with Gasteiger partial charge < -0.3 is 31.8 Å². The Bertz CT molecular complexity index is 4260. The monoisotopic (exact) mass is 1090 g/mol. The summed E-state index contributed by atoms with van der Waals surface area (Å²) in [5.41, 5.74) is 29.0. The molecule has 0 bridgehead atoms. The number of halogens is 1. The van der Waals surface area contributed by atoms with Crippen molar-refractivity contribution in [2.75, 3.05) is 50.8 Å². The predicted octanol–water partition coefficient (Wildman–Crippen LogP) is 5.46. The molecule has 15 rings (SSSR count). The summed E-state index contributed by atoms with van der Waals surface area (Å²) >= 11 is 0. The Morgan fingerprint density at radius 1 is 0.469 bits per heavy atom. The molecule has 0 atom stereocenters. The summed E-state index contributed by atoms with van der Waals surface area (Å²) in [6, 6.07) is 28.5. The number of ether oxygens (including phenoxy) is 2. The van der Waals surface area contributed by atoms with Crippen LogP contribution in [0.25, 0.3) is 49.7 Å². The van der Waals surface area contributed by atoms with E-state index in [1.807, 2.05) is 67.1 Å². The van der Waals surface area contributed by atoms with E-state index < -0.39 is 6.86 Å². The van der Waals surface area contributed by atoms with Gasteiger partial charge in [-0.2, -0.15) is 13.5 Å². The third-order valence-corrected chi connectivity index (χ3v) is 14.7. The highest BCUT2D eigenvalue weighted by Crippen LogP contribution is 2.31. The molecule has 0 saturated heterocycles. The number of nitrogens with zero attached hydrogens (tertiary/aromatic N) is 18. The highest BCUT2D eigenvalue weighted by atomic mass is 19.1. The van der Waals surface area contributed by atoms with E-state index in [0.29, 0.717) is 75.4 Å². The molecule has 12 heterocycles. The number of anilines is 3. The van der Waals surface area contributed by atoms with Gasteiger partial charge in [0.2, 0.25) is 24.7 Å². The predicted molar refractivity (Wildman–Crippen MR) is 299 cm³/mol. The topological polar surface area (TPSA) is 294 Å². The Kier molecular flexibility index (Phi) is 13.4. The molecule has 7 N–H and O–H groups in total. The van der Waals surface area contributed by atoms with Gasteiger partial charge in [-0.05, 0) is 71.3 Å². The van der Waals surface area contributed by atoms with Crippen molar-refractivity contribution in [3.63, 3.8) is 0 Å². The SMILES string of the molecule is COc1cccc2c1nc(N)n1nc(CCN3Cc4cccnc4C3)nc21.Nc1nc2c(O)cccc2c2nc(CCN3Cc4cccnc4C3)nn12.Nc1nc2c(OCF)cccc2c2nc(CCN3Cc4cccnc4C3)nn12. The van der Waals surface area contributed by atoms with Gasteiger partial charge in [0.1, 0.15) is 33.8 Å². The van der Waals surface area contributed by atoms with E-state index in [9.17, 15) is 9.50 Å². The molecule has 0 fully saturated rings. The van der Waals surface area contributed by atoms with Crippen LogP contribution in [0.15, 0.2) is 110 Å². The molecule has 0 spiro atoms. The number of hydrogen-bond donors (Lipinski definition) is 4. The molecule has 81 heavy (non-hydrogen) atoms. The lowest BCUT2D eigenvalue weighted by molar-refractivity contribution is 0.193. The maximum atomic E-state index is 12.6. The van der Waals surface area contributed by atoms with Crippen LogP contribution in [0.1, 0.15) is 51.2 Å². The van der Waals surface area contributed by atoms with Gasteiger partial charge in [0.05, 0.1) is 24.2 Å². The number of phenolic OH excluding ortho intramolecular Hbond substituents is 1. The van der Waals surface area contributed by atoms with Gasteiger partial charge in [-0.1, -0.05) is 36.4 Å². The Hall–Kier alpha value is -9.85. The van der Waals surface area contributed by atoms with Crippen molar-refractivity contribution in [2.45, 2.75) is 58.5 Å². The molecule has 0 aliphatic carbocycles. The number of nitrogen functional groups attached to an aromatic ring is 3. The van der Waals surface area contributed by atoms with Crippen molar-refractivity contribution < 1.29 is 19.0 Å². The van der Waals surface area contributed by atoms with E-state index in [0.717, 1.165) is 104 Å². The number of methoxy groups -OCH3 is 1. The van der Waals surface area contributed by atoms with Crippen molar-refractivity contribution in [1.82, 2.24) is 88.4 Å². The van der Waals surface area contributed by atoms with Gasteiger partial charge in [0.25, 0.3) is 0 Å². The fourth-order valence-corrected chi connectivity index (χ4v) is 10.7. The fraction of sp³-hybridized carbons (Fsp3) is 0.250. The average Bonchev–Trinajstić information content (AvgIpc) is 4.58. The number of alkyl halides is 1. The highest BCUT2D eigenvalue weighted by Gasteiger charge is 2.24. The second-order valence-electron chi connectivity index (χ2n) is 19.8. The number of benzene rings is 3. The number of para-hydroxylation sites is 3. The van der Waals surface area contributed by atoms with Crippen LogP contribution in [0.4, 0.5) is 22.2 Å². The number of pyridine rings is 3. The molecule has 3 aliphatic rings. The van der Waals surface area contributed by atoms with Gasteiger partial charge in [-0.25, -0.2) is 34.3 Å². The summed E-state index contributed by atoms with van der Waals surface area (Å²) in [4.78, 5) is 47.3. The molecule has 12 aromatic rings. The Balaban J connectivity index is 0.000000114. The van der Waals surface area contributed by atoms with E-state index in [1.54, 1.807) is 35.9 Å². The molecule has 0 amide bonds. The minimum Gasteiger partial charge on any atom is -0.506 e. The second kappa shape index (κ2) is 21.4. The Morgan fingerprint density at radius 2 is 0.852 bits per heavy atom. The molecule has 408 valence electrons. The van der Waals surface area contributed by atoms with Crippen molar-refractivity contribution in [1.29, 1.82) is 0 Å². The lowest BCUT2D eigenvalue weighted by atomic mass is 10.2. The van der Waals surface area contributed by atoms with Crippen molar-refractivity contribution in [2.24, 2.45) is 0 Å². The number of nitrogens with two attached hydrogens (primary N) is 3. The molecular formula is C56H54FN21O3. The van der Waals surface area contributed by atoms with E-state index in [2.05, 4.69) is 88.1 Å². The molecule has 0 saturated carbocycles. The van der Waals surface area contributed by atoms with E-state index in [4.69, 9.17) is 31.7 Å². The fourth-order valence-electron chi connectivity index (χ4n) is 10.7. The molecule has 24 nitrogen and oxygen atoms in total. The first kappa shape index (κ1) is 50.6. The first-order valence-electron chi connectivity index (χ1n) is 26.3. The van der Waals surface area contributed by atoms with Crippen molar-refractivity contribution >= 4 is 67.5 Å². The second-order valence-corrected chi connectivity index (χ2v) is 19.8. The van der Waals surface area contributed by atoms with Gasteiger partial charge >= 0.3 is 0 Å². The van der Waals surface area contributed by atoms with Crippen LogP contribution in [0.5, 0.6) is 17.2 Å². The highest BCUT2D eigenvalue weighted by molar-refractivity contribution is 5.97. The zero-order valence-corrected chi connectivity index (χ0v) is 44.0. The quantitative estimate of drug-likeness (QED) is 0.118. The van der Waals surface area contributed by atoms with E-state index >= 15 is 0 Å². The zero-order valence-electron chi connectivity index (χ0n) is 44.0. The molecular weight excluding hydrogens is 1030 g/mol. The number of phenols is 1. The summed E-state index contributed by atoms with van der Waals surface area (Å²) in [6.45, 7) is 6.83. The molecule has 0 radical (unpaired) electrons. The maximum Gasteiger partial charge on any atom is 0.228 e. The van der Waals surface area contributed by atoms with Crippen LogP contribution in [0, 0.1) is 0 Å². The standard InChI is InChI=1S/C19H18FN7O.C19H19N7O.C18H17N7O/c20-11-28-15-5-1-4-13-17(15)24-19(21)27-18(13)23-16(25-27)6-8-26-9-12-3-2-7-22-14(12)10-26;1-27-15-6-2-5-13-17(15)23-19(20)26-18(13)22-16(24-26)7-9-25-10-12-4-3-8-21-14(12)11-25;19-18-22-16-12(4-1-5-14(16)26)17-21-15(23-25(17)18)6-8-24-9-11-3-2-7-20-13(11)10-24/h1-5,7H,6,8-11H2,(H2,21,24);2-6,8H,7,9-11H2,1H3,(H2,20,23);1-5,7,26H,6,8-10H2,(H2,19,22). The largest absolute Gasteiger partial charge is 0.506 e. The van der Waals surface area contributed by atoms with Gasteiger partial charge in [-0.15, -0.1) is 15.3 Å². The summed E-state index contributed by atoms with van der Waals surface area (Å²) < 4.78 is 27.7. The number of aromatic hydroxyl groups is 1. The minimum atomic E-state index is -0.934. The minimum absolute atomic E-state index is 0.0866. The third-order valence-electron chi connectivity index (χ3n) is 14.7.